The molecule has 1 aromatic carbocycles. The van der Waals surface area contributed by atoms with Crippen LogP contribution in [0.15, 0.2) is 70.2 Å². The molecular weight excluding hydrogens is 286 g/mol. The van der Waals surface area contributed by atoms with Crippen LogP contribution in [0.4, 0.5) is 5.69 Å². The molecule has 2 unspecified atom stereocenters. The molecule has 0 saturated carbocycles. The van der Waals surface area contributed by atoms with Crippen molar-refractivity contribution >= 4 is 21.9 Å². The van der Waals surface area contributed by atoms with Gasteiger partial charge >= 0.3 is 0 Å². The summed E-state index contributed by atoms with van der Waals surface area (Å²) in [5, 5.41) is 8.21. The Morgan fingerprint density at radius 1 is 1.14 bits per heavy atom. The summed E-state index contributed by atoms with van der Waals surface area (Å²) < 4.78 is 22.4. The van der Waals surface area contributed by atoms with E-state index in [1.807, 2.05) is 24.6 Å². The Hall–Kier alpha value is -2.18. The molecule has 0 spiro atoms. The van der Waals surface area contributed by atoms with Crippen LogP contribution in [0.1, 0.15) is 0 Å². The molecule has 0 bridgehead atoms. The highest BCUT2D eigenvalue weighted by Crippen LogP contribution is 2.28. The predicted octanol–water partition coefficient (Wildman–Crippen LogP) is 1.83. The lowest BCUT2D eigenvalue weighted by Crippen LogP contribution is -2.13. The van der Waals surface area contributed by atoms with E-state index in [-0.39, 0.29) is 16.9 Å². The zero-order chi connectivity index (χ0) is 14.9. The molecular formula is C15H15N3O2S. The number of aliphatic imine (C=N–C) groups is 1. The van der Waals surface area contributed by atoms with E-state index < -0.39 is 10.0 Å². The minimum Gasteiger partial charge on any atom is -0.361 e. The van der Waals surface area contributed by atoms with Gasteiger partial charge in [-0.1, -0.05) is 24.3 Å². The third-order valence-corrected chi connectivity index (χ3v) is 4.40. The number of rotatable bonds is 3. The first-order valence-corrected chi connectivity index (χ1v) is 8.06. The van der Waals surface area contributed by atoms with Crippen molar-refractivity contribution in [3.8, 4) is 0 Å². The van der Waals surface area contributed by atoms with Crippen LogP contribution in [0.2, 0.25) is 0 Å². The first-order valence-electron chi connectivity index (χ1n) is 6.52. The topological polar surface area (TPSA) is 84.5 Å². The highest BCUT2D eigenvalue weighted by molar-refractivity contribution is 7.89. The summed E-state index contributed by atoms with van der Waals surface area (Å²) in [6.45, 7) is 0. The van der Waals surface area contributed by atoms with E-state index in [2.05, 4.69) is 22.5 Å². The van der Waals surface area contributed by atoms with Gasteiger partial charge in [0, 0.05) is 24.0 Å². The monoisotopic (exact) mass is 301 g/mol. The predicted molar refractivity (Wildman–Crippen MR) is 83.6 cm³/mol. The molecule has 1 aliphatic heterocycles. The van der Waals surface area contributed by atoms with E-state index >= 15 is 0 Å². The van der Waals surface area contributed by atoms with E-state index in [1.54, 1.807) is 12.1 Å². The molecule has 5 nitrogen and oxygen atoms in total. The van der Waals surface area contributed by atoms with Crippen LogP contribution in [-0.2, 0) is 10.0 Å². The van der Waals surface area contributed by atoms with Crippen molar-refractivity contribution in [3.05, 3.63) is 60.3 Å². The second-order valence-corrected chi connectivity index (χ2v) is 6.48. The molecule has 108 valence electrons. The van der Waals surface area contributed by atoms with Crippen LogP contribution in [0.3, 0.4) is 0 Å². The number of primary sulfonamides is 1. The van der Waals surface area contributed by atoms with Crippen molar-refractivity contribution in [1.82, 2.24) is 0 Å². The number of hydrogen-bond donors (Lipinski definition) is 2. The van der Waals surface area contributed by atoms with Gasteiger partial charge in [-0.15, -0.1) is 0 Å². The molecule has 0 amide bonds. The van der Waals surface area contributed by atoms with Gasteiger partial charge in [-0.3, -0.25) is 4.99 Å². The number of hydrogen-bond acceptors (Lipinski definition) is 4. The van der Waals surface area contributed by atoms with Gasteiger partial charge in [0.2, 0.25) is 10.0 Å². The third-order valence-electron chi connectivity index (χ3n) is 3.47. The number of nitrogens with two attached hydrogens (primary N) is 1. The molecule has 1 aliphatic carbocycles. The quantitative estimate of drug-likeness (QED) is 0.893. The zero-order valence-corrected chi connectivity index (χ0v) is 12.0. The fourth-order valence-electron chi connectivity index (χ4n) is 2.35. The summed E-state index contributed by atoms with van der Waals surface area (Å²) in [5.74, 6) is 0.270. The average molecular weight is 301 g/mol. The zero-order valence-electron chi connectivity index (χ0n) is 11.2. The summed E-state index contributed by atoms with van der Waals surface area (Å²) in [7, 11) is -3.65. The van der Waals surface area contributed by atoms with Gasteiger partial charge in [-0.2, -0.15) is 0 Å². The summed E-state index contributed by atoms with van der Waals surface area (Å²) in [6, 6.07) is 6.50. The van der Waals surface area contributed by atoms with Crippen molar-refractivity contribution in [2.24, 2.45) is 16.0 Å². The van der Waals surface area contributed by atoms with Crippen LogP contribution in [0.5, 0.6) is 0 Å². The van der Waals surface area contributed by atoms with Gasteiger partial charge in [-0.25, -0.2) is 13.6 Å². The van der Waals surface area contributed by atoms with Gasteiger partial charge < -0.3 is 5.32 Å². The Labute approximate surface area is 123 Å². The number of allylic oxidation sites excluding steroid dienone is 2. The first kappa shape index (κ1) is 13.8. The van der Waals surface area contributed by atoms with E-state index in [1.165, 1.54) is 12.1 Å². The van der Waals surface area contributed by atoms with E-state index in [4.69, 9.17) is 5.14 Å². The summed E-state index contributed by atoms with van der Waals surface area (Å²) in [6.07, 6.45) is 12.0. The first-order chi connectivity index (χ1) is 10.0. The Bertz CT molecular complexity index is 759. The molecule has 21 heavy (non-hydrogen) atoms. The normalized spacial score (nSPS) is 25.3. The molecule has 0 fully saturated rings. The SMILES string of the molecule is NS(=O)(=O)c1ccc(N/C=C2\C=NC3C=CC=CC23)cc1. The Morgan fingerprint density at radius 2 is 1.86 bits per heavy atom. The lowest BCUT2D eigenvalue weighted by Gasteiger charge is -2.15. The van der Waals surface area contributed by atoms with E-state index in [0.717, 1.165) is 11.3 Å². The molecule has 1 aromatic rings. The lowest BCUT2D eigenvalue weighted by atomic mass is 9.92. The molecule has 3 N–H and O–H groups in total. The molecule has 2 atom stereocenters. The van der Waals surface area contributed by atoms with Crippen molar-refractivity contribution in [2.75, 3.05) is 5.32 Å². The number of fused-ring (bicyclic) bond motifs is 1. The maximum atomic E-state index is 11.2. The second kappa shape index (κ2) is 5.31. The van der Waals surface area contributed by atoms with Crippen LogP contribution in [-0.4, -0.2) is 20.7 Å². The van der Waals surface area contributed by atoms with Crippen LogP contribution in [0.25, 0.3) is 0 Å². The number of nitrogens with zero attached hydrogens (tertiary/aromatic N) is 1. The molecule has 6 heteroatoms. The van der Waals surface area contributed by atoms with Crippen LogP contribution in [0, 0.1) is 5.92 Å². The van der Waals surface area contributed by atoms with Crippen molar-refractivity contribution in [3.63, 3.8) is 0 Å². The maximum Gasteiger partial charge on any atom is 0.238 e. The minimum atomic E-state index is -3.65. The molecule has 2 aliphatic rings. The van der Waals surface area contributed by atoms with Gasteiger partial charge in [0.25, 0.3) is 0 Å². The number of benzene rings is 1. The second-order valence-electron chi connectivity index (χ2n) is 4.92. The summed E-state index contributed by atoms with van der Waals surface area (Å²) in [5.41, 5.74) is 1.89. The van der Waals surface area contributed by atoms with E-state index in [0.29, 0.717) is 0 Å². The van der Waals surface area contributed by atoms with Gasteiger partial charge in [-0.05, 0) is 29.8 Å². The Morgan fingerprint density at radius 3 is 2.57 bits per heavy atom. The smallest absolute Gasteiger partial charge is 0.238 e. The van der Waals surface area contributed by atoms with Crippen molar-refractivity contribution in [1.29, 1.82) is 0 Å². The Balaban J connectivity index is 1.73. The lowest BCUT2D eigenvalue weighted by molar-refractivity contribution is 0.598. The van der Waals surface area contributed by atoms with Crippen LogP contribution >= 0.6 is 0 Å². The van der Waals surface area contributed by atoms with Crippen LogP contribution < -0.4 is 10.5 Å². The molecule has 3 rings (SSSR count). The fourth-order valence-corrected chi connectivity index (χ4v) is 2.86. The minimum absolute atomic E-state index is 0.101. The molecule has 0 radical (unpaired) electrons. The molecule has 1 heterocycles. The number of nitrogens with one attached hydrogen (secondary N) is 1. The van der Waals surface area contributed by atoms with Gasteiger partial charge in [0.1, 0.15) is 0 Å². The largest absolute Gasteiger partial charge is 0.361 e. The molecule has 0 saturated heterocycles. The number of sulfonamides is 1. The highest BCUT2D eigenvalue weighted by atomic mass is 32.2. The Kier molecular flexibility index (Phi) is 3.48. The number of anilines is 1. The standard InChI is InChI=1S/C15H15N3O2S/c16-21(19,20)13-7-5-12(6-8-13)17-9-11-10-18-15-4-2-1-3-14(11)15/h1-10,14-15,17H,(H2,16,19,20)/b11-9+. The highest BCUT2D eigenvalue weighted by Gasteiger charge is 2.25. The van der Waals surface area contributed by atoms with Gasteiger partial charge in [0.05, 0.1) is 10.9 Å². The van der Waals surface area contributed by atoms with E-state index in [9.17, 15) is 8.42 Å². The van der Waals surface area contributed by atoms with Gasteiger partial charge in [0.15, 0.2) is 0 Å². The third kappa shape index (κ3) is 2.96. The average Bonchev–Trinajstić information content (AvgIpc) is 2.88. The summed E-state index contributed by atoms with van der Waals surface area (Å²) in [4.78, 5) is 4.53. The fraction of sp³-hybridized carbons (Fsp3) is 0.133. The van der Waals surface area contributed by atoms with Crippen molar-refractivity contribution in [2.45, 2.75) is 10.9 Å². The maximum absolute atomic E-state index is 11.2. The summed E-state index contributed by atoms with van der Waals surface area (Å²) >= 11 is 0. The molecule has 0 aromatic heterocycles. The van der Waals surface area contributed by atoms with Crippen molar-refractivity contribution < 1.29 is 8.42 Å².